The number of ketones is 2. The largest absolute Gasteiger partial charge is 0.388 e. The molecule has 0 spiro atoms. The highest BCUT2D eigenvalue weighted by molar-refractivity contribution is 6.33. The molecule has 6 heteroatoms. The van der Waals surface area contributed by atoms with E-state index in [-0.39, 0.29) is 29.0 Å². The van der Waals surface area contributed by atoms with Crippen LogP contribution >= 0.6 is 23.2 Å². The van der Waals surface area contributed by atoms with Crippen molar-refractivity contribution in [2.45, 2.75) is 75.1 Å². The van der Waals surface area contributed by atoms with Crippen molar-refractivity contribution in [3.63, 3.8) is 0 Å². The first-order valence-electron chi connectivity index (χ1n) is 10.4. The number of halogens is 2. The second-order valence-corrected chi connectivity index (χ2v) is 11.2. The molecule has 0 amide bonds. The zero-order valence-corrected chi connectivity index (χ0v) is 18.3. The quantitative estimate of drug-likeness (QED) is 0.658. The van der Waals surface area contributed by atoms with Crippen LogP contribution < -0.4 is 0 Å². The van der Waals surface area contributed by atoms with Crippen LogP contribution in [-0.4, -0.2) is 44.2 Å². The maximum atomic E-state index is 12.7. The van der Waals surface area contributed by atoms with Crippen LogP contribution in [0.2, 0.25) is 0 Å². The molecule has 4 aliphatic rings. The summed E-state index contributed by atoms with van der Waals surface area (Å²) in [4.78, 5) is 24.0. The van der Waals surface area contributed by atoms with Gasteiger partial charge in [-0.15, -0.1) is 23.2 Å². The third-order valence-electron chi connectivity index (χ3n) is 9.15. The summed E-state index contributed by atoms with van der Waals surface area (Å²) < 4.78 is 0. The molecule has 4 nitrogen and oxygen atoms in total. The lowest BCUT2D eigenvalue weighted by Crippen LogP contribution is -2.68. The number of carbonyl (C=O) groups is 2. The predicted molar refractivity (Wildman–Crippen MR) is 108 cm³/mol. The third kappa shape index (κ3) is 2.21. The number of alkyl halides is 2. The summed E-state index contributed by atoms with van der Waals surface area (Å²) in [5.74, 6) is -0.514. The van der Waals surface area contributed by atoms with E-state index < -0.39 is 33.7 Å². The number of aliphatic hydroxyl groups excluding tert-OH is 1. The Morgan fingerprint density at radius 3 is 2.61 bits per heavy atom. The van der Waals surface area contributed by atoms with E-state index in [1.54, 1.807) is 6.08 Å². The topological polar surface area (TPSA) is 74.6 Å². The second kappa shape index (κ2) is 6.29. The Morgan fingerprint density at radius 1 is 1.29 bits per heavy atom. The molecule has 0 aromatic carbocycles. The van der Waals surface area contributed by atoms with Gasteiger partial charge in [-0.3, -0.25) is 9.59 Å². The van der Waals surface area contributed by atoms with Gasteiger partial charge in [-0.25, -0.2) is 0 Å². The minimum absolute atomic E-state index is 0.0477. The van der Waals surface area contributed by atoms with Gasteiger partial charge < -0.3 is 10.2 Å². The predicted octanol–water partition coefficient (Wildman–Crippen LogP) is 3.64. The molecule has 0 aromatic heterocycles. The van der Waals surface area contributed by atoms with Crippen molar-refractivity contribution < 1.29 is 19.8 Å². The van der Waals surface area contributed by atoms with Crippen LogP contribution in [0.1, 0.15) is 59.3 Å². The van der Waals surface area contributed by atoms with Crippen LogP contribution in [-0.2, 0) is 9.59 Å². The van der Waals surface area contributed by atoms with Gasteiger partial charge in [0.1, 0.15) is 12.2 Å². The van der Waals surface area contributed by atoms with Crippen LogP contribution in [0.4, 0.5) is 0 Å². The molecule has 0 bridgehead atoms. The van der Waals surface area contributed by atoms with E-state index in [4.69, 9.17) is 23.2 Å². The Hall–Kier alpha value is -0.420. The van der Waals surface area contributed by atoms with Gasteiger partial charge in [0.05, 0.1) is 10.3 Å². The highest BCUT2D eigenvalue weighted by atomic mass is 35.5. The summed E-state index contributed by atoms with van der Waals surface area (Å²) in [6.07, 6.45) is 5.67. The molecule has 0 aromatic rings. The Kier molecular flexibility index (Phi) is 4.68. The zero-order chi connectivity index (χ0) is 20.7. The van der Waals surface area contributed by atoms with Crippen molar-refractivity contribution in [3.05, 3.63) is 11.6 Å². The summed E-state index contributed by atoms with van der Waals surface area (Å²) in [6, 6.07) is 0. The maximum Gasteiger partial charge on any atom is 0.190 e. The van der Waals surface area contributed by atoms with Gasteiger partial charge >= 0.3 is 0 Å². The summed E-state index contributed by atoms with van der Waals surface area (Å²) >= 11 is 14.5. The summed E-state index contributed by atoms with van der Waals surface area (Å²) in [5, 5.41) is 20.6. The first-order chi connectivity index (χ1) is 13.0. The summed E-state index contributed by atoms with van der Waals surface area (Å²) in [7, 11) is 0. The van der Waals surface area contributed by atoms with Crippen LogP contribution in [0, 0.1) is 28.6 Å². The number of aliphatic hydroxyl groups is 2. The maximum absolute atomic E-state index is 12.7. The smallest absolute Gasteiger partial charge is 0.190 e. The van der Waals surface area contributed by atoms with Gasteiger partial charge in [0.2, 0.25) is 0 Å². The average Bonchev–Trinajstić information content (AvgIpc) is 2.84. The van der Waals surface area contributed by atoms with E-state index >= 15 is 0 Å². The van der Waals surface area contributed by atoms with Gasteiger partial charge in [-0.1, -0.05) is 26.3 Å². The van der Waals surface area contributed by atoms with Crippen molar-refractivity contribution in [3.8, 4) is 0 Å². The van der Waals surface area contributed by atoms with Crippen LogP contribution in [0.15, 0.2) is 11.6 Å². The molecule has 0 saturated heterocycles. The van der Waals surface area contributed by atoms with Crippen molar-refractivity contribution in [2.75, 3.05) is 6.61 Å². The number of Topliss-reactive ketones (excluding diaryl/α,β-unsaturated/α-hetero) is 1. The monoisotopic (exact) mass is 428 g/mol. The van der Waals surface area contributed by atoms with E-state index in [9.17, 15) is 19.8 Å². The summed E-state index contributed by atoms with van der Waals surface area (Å²) in [6.45, 7) is 5.33. The molecular formula is C22H30Cl2O4. The van der Waals surface area contributed by atoms with E-state index in [0.717, 1.165) is 18.4 Å². The lowest BCUT2D eigenvalue weighted by Gasteiger charge is -2.64. The molecule has 0 unspecified atom stereocenters. The number of rotatable bonds is 2. The van der Waals surface area contributed by atoms with Gasteiger partial charge in [0.15, 0.2) is 11.6 Å². The van der Waals surface area contributed by atoms with Crippen molar-refractivity contribution >= 4 is 34.8 Å². The molecule has 3 fully saturated rings. The average molecular weight is 429 g/mol. The van der Waals surface area contributed by atoms with Gasteiger partial charge in [-0.2, -0.15) is 0 Å². The van der Waals surface area contributed by atoms with E-state index in [0.29, 0.717) is 25.7 Å². The number of carbonyl (C=O) groups excluding carboxylic acids is 2. The van der Waals surface area contributed by atoms with E-state index in [2.05, 4.69) is 6.92 Å². The fourth-order valence-electron chi connectivity index (χ4n) is 7.55. The number of allylic oxidation sites excluding steroid dienone is 1. The Morgan fingerprint density at radius 2 is 1.96 bits per heavy atom. The third-order valence-corrected chi connectivity index (χ3v) is 10.7. The Bertz CT molecular complexity index is 766. The highest BCUT2D eigenvalue weighted by Crippen LogP contribution is 2.72. The number of fused-ring (bicyclic) bond motifs is 5. The number of hydrogen-bond donors (Lipinski definition) is 2. The second-order valence-electron chi connectivity index (χ2n) is 10.1. The molecule has 4 rings (SSSR count). The zero-order valence-electron chi connectivity index (χ0n) is 16.8. The molecule has 156 valence electrons. The standard InChI is InChI=1S/C22H30Cl2O4/c1-12-8-16-15-5-4-13-9-14(26)6-7-19(13,2)21(15,24)17(23)10-20(16,3)22(12,28)18(27)11-25/h9,12,15-17,25,28H,4-8,10-11H2,1-3H3/t12-,15+,16+,17+,19+,20+,21+,22+/m1/s1. The van der Waals surface area contributed by atoms with Gasteiger partial charge in [0.25, 0.3) is 0 Å². The van der Waals surface area contributed by atoms with Crippen LogP contribution in [0.3, 0.4) is 0 Å². The van der Waals surface area contributed by atoms with Gasteiger partial charge in [-0.05, 0) is 55.9 Å². The lowest BCUT2D eigenvalue weighted by molar-refractivity contribution is -0.168. The molecule has 0 aliphatic heterocycles. The Balaban J connectivity index is 1.83. The number of hydrogen-bond acceptors (Lipinski definition) is 4. The van der Waals surface area contributed by atoms with Crippen molar-refractivity contribution in [1.29, 1.82) is 0 Å². The molecule has 3 saturated carbocycles. The van der Waals surface area contributed by atoms with Gasteiger partial charge in [0, 0.05) is 17.3 Å². The molecule has 28 heavy (non-hydrogen) atoms. The van der Waals surface area contributed by atoms with E-state index in [1.807, 2.05) is 13.8 Å². The Labute approximate surface area is 176 Å². The van der Waals surface area contributed by atoms with Crippen LogP contribution in [0.5, 0.6) is 0 Å². The molecule has 0 radical (unpaired) electrons. The molecular weight excluding hydrogens is 399 g/mol. The van der Waals surface area contributed by atoms with E-state index in [1.165, 1.54) is 0 Å². The SMILES string of the molecule is C[C@@H]1C[C@H]2[C@@H]3CCC4=CC(=O)CC[C@]4(C)[C@@]3(Cl)[C@@H](Cl)C[C@]2(C)[C@@]1(O)C(=O)CO. The normalized spacial score (nSPS) is 53.1. The molecule has 2 N–H and O–H groups in total. The molecule has 0 heterocycles. The van der Waals surface area contributed by atoms with Crippen molar-refractivity contribution in [1.82, 2.24) is 0 Å². The minimum Gasteiger partial charge on any atom is -0.388 e. The highest BCUT2D eigenvalue weighted by Gasteiger charge is 2.74. The van der Waals surface area contributed by atoms with Crippen molar-refractivity contribution in [2.24, 2.45) is 28.6 Å². The summed E-state index contributed by atoms with van der Waals surface area (Å²) in [5.41, 5.74) is -1.55. The molecule has 4 aliphatic carbocycles. The first-order valence-corrected chi connectivity index (χ1v) is 11.2. The minimum atomic E-state index is -1.59. The lowest BCUT2D eigenvalue weighted by atomic mass is 9.45. The fourth-order valence-corrected chi connectivity index (χ4v) is 8.83. The first kappa shape index (κ1) is 20.8. The molecule has 8 atom stereocenters. The fraction of sp³-hybridized carbons (Fsp3) is 0.818. The van der Waals surface area contributed by atoms with Crippen LogP contribution in [0.25, 0.3) is 0 Å².